The van der Waals surface area contributed by atoms with E-state index < -0.39 is 0 Å². The van der Waals surface area contributed by atoms with Gasteiger partial charge >= 0.3 is 0 Å². The number of nitrogens with one attached hydrogen (secondary N) is 1. The second kappa shape index (κ2) is 5.87. The summed E-state index contributed by atoms with van der Waals surface area (Å²) in [4.78, 5) is 6.85. The van der Waals surface area contributed by atoms with E-state index in [-0.39, 0.29) is 0 Å². The topological polar surface area (TPSA) is 37.4 Å². The third-order valence-electron chi connectivity index (χ3n) is 3.25. The van der Waals surface area contributed by atoms with Crippen molar-refractivity contribution < 1.29 is 4.74 Å². The Kier molecular flexibility index (Phi) is 4.20. The molecule has 1 saturated heterocycles. The van der Waals surface area contributed by atoms with Crippen molar-refractivity contribution in [2.75, 3.05) is 38.7 Å². The van der Waals surface area contributed by atoms with E-state index in [4.69, 9.17) is 4.74 Å². The molecular formula is C13H21N3O. The van der Waals surface area contributed by atoms with Gasteiger partial charge in [0.2, 0.25) is 5.88 Å². The number of anilines is 1. The fourth-order valence-corrected chi connectivity index (χ4v) is 2.42. The summed E-state index contributed by atoms with van der Waals surface area (Å²) in [5.41, 5.74) is 0. The van der Waals surface area contributed by atoms with E-state index in [1.807, 2.05) is 19.2 Å². The Labute approximate surface area is 103 Å². The zero-order valence-corrected chi connectivity index (χ0v) is 10.6. The molecule has 0 aromatic carbocycles. The van der Waals surface area contributed by atoms with Crippen LogP contribution < -0.4 is 15.0 Å². The van der Waals surface area contributed by atoms with Gasteiger partial charge in [-0.25, -0.2) is 0 Å². The summed E-state index contributed by atoms with van der Waals surface area (Å²) < 4.78 is 5.17. The normalized spacial score (nSPS) is 20.4. The monoisotopic (exact) mass is 235 g/mol. The van der Waals surface area contributed by atoms with Gasteiger partial charge in [0.05, 0.1) is 7.11 Å². The maximum Gasteiger partial charge on any atom is 0.214 e. The summed E-state index contributed by atoms with van der Waals surface area (Å²) in [5.74, 6) is 2.45. The molecule has 1 atom stereocenters. The van der Waals surface area contributed by atoms with Gasteiger partial charge in [0, 0.05) is 19.2 Å². The molecule has 0 amide bonds. The van der Waals surface area contributed by atoms with Gasteiger partial charge in [-0.15, -0.1) is 0 Å². The Balaban J connectivity index is 2.05. The first-order valence-corrected chi connectivity index (χ1v) is 6.24. The molecule has 0 saturated carbocycles. The molecule has 94 valence electrons. The van der Waals surface area contributed by atoms with Crippen LogP contribution in [0.1, 0.15) is 12.8 Å². The molecule has 1 aliphatic rings. The van der Waals surface area contributed by atoms with E-state index in [1.54, 1.807) is 7.11 Å². The summed E-state index contributed by atoms with van der Waals surface area (Å²) in [6.07, 6.45) is 2.55. The van der Waals surface area contributed by atoms with Gasteiger partial charge in [-0.1, -0.05) is 6.07 Å². The lowest BCUT2D eigenvalue weighted by Crippen LogP contribution is -2.39. The Bertz CT molecular complexity index is 354. The van der Waals surface area contributed by atoms with E-state index in [2.05, 4.69) is 21.3 Å². The van der Waals surface area contributed by atoms with Crippen molar-refractivity contribution >= 4 is 5.82 Å². The van der Waals surface area contributed by atoms with Crippen LogP contribution in [0.2, 0.25) is 0 Å². The number of nitrogens with zero attached hydrogens (tertiary/aromatic N) is 2. The van der Waals surface area contributed by atoms with Crippen LogP contribution in [0.25, 0.3) is 0 Å². The predicted molar refractivity (Wildman–Crippen MR) is 69.7 cm³/mol. The number of pyridine rings is 1. The highest BCUT2D eigenvalue weighted by Crippen LogP contribution is 2.22. The Morgan fingerprint density at radius 3 is 3.18 bits per heavy atom. The number of ether oxygens (including phenoxy) is 1. The van der Waals surface area contributed by atoms with Crippen LogP contribution in [0.15, 0.2) is 18.2 Å². The molecule has 1 unspecified atom stereocenters. The SMILES string of the molecule is CNCC1CCCN(c2cccc(OC)n2)C1. The number of hydrogen-bond donors (Lipinski definition) is 1. The Morgan fingerprint density at radius 2 is 2.41 bits per heavy atom. The standard InChI is InChI=1S/C13H21N3O/c1-14-9-11-5-4-8-16(10-11)12-6-3-7-13(15-12)17-2/h3,6-7,11,14H,4-5,8-10H2,1-2H3. The number of aromatic nitrogens is 1. The highest BCUT2D eigenvalue weighted by atomic mass is 16.5. The van der Waals surface area contributed by atoms with Crippen molar-refractivity contribution in [3.63, 3.8) is 0 Å². The third-order valence-corrected chi connectivity index (χ3v) is 3.25. The maximum absolute atomic E-state index is 5.17. The molecule has 4 heteroatoms. The molecule has 0 spiro atoms. The first-order valence-electron chi connectivity index (χ1n) is 6.24. The molecule has 1 N–H and O–H groups in total. The van der Waals surface area contributed by atoms with E-state index in [1.165, 1.54) is 12.8 Å². The first kappa shape index (κ1) is 12.2. The summed E-state index contributed by atoms with van der Waals surface area (Å²) in [6.45, 7) is 3.27. The molecule has 1 aromatic heterocycles. The molecular weight excluding hydrogens is 214 g/mol. The maximum atomic E-state index is 5.17. The molecule has 2 rings (SSSR count). The van der Waals surface area contributed by atoms with Gasteiger partial charge in [0.25, 0.3) is 0 Å². The summed E-state index contributed by atoms with van der Waals surface area (Å²) >= 11 is 0. The largest absolute Gasteiger partial charge is 0.481 e. The third kappa shape index (κ3) is 3.09. The van der Waals surface area contributed by atoms with Crippen LogP contribution in [0.4, 0.5) is 5.82 Å². The van der Waals surface area contributed by atoms with Gasteiger partial charge in [0.1, 0.15) is 5.82 Å². The smallest absolute Gasteiger partial charge is 0.214 e. The summed E-state index contributed by atoms with van der Waals surface area (Å²) in [5, 5.41) is 3.26. The van der Waals surface area contributed by atoms with Crippen LogP contribution in [0.3, 0.4) is 0 Å². The van der Waals surface area contributed by atoms with Gasteiger partial charge in [-0.2, -0.15) is 4.98 Å². The van der Waals surface area contributed by atoms with E-state index in [0.29, 0.717) is 5.88 Å². The van der Waals surface area contributed by atoms with Crippen LogP contribution in [-0.2, 0) is 0 Å². The highest BCUT2D eigenvalue weighted by Gasteiger charge is 2.20. The van der Waals surface area contributed by atoms with Crippen molar-refractivity contribution in [1.82, 2.24) is 10.3 Å². The van der Waals surface area contributed by atoms with Gasteiger partial charge in [-0.05, 0) is 38.4 Å². The minimum absolute atomic E-state index is 0.693. The first-order chi connectivity index (χ1) is 8.33. The van der Waals surface area contributed by atoms with Crippen molar-refractivity contribution in [1.29, 1.82) is 0 Å². The minimum atomic E-state index is 0.693. The van der Waals surface area contributed by atoms with Crippen molar-refractivity contribution in [2.45, 2.75) is 12.8 Å². The quantitative estimate of drug-likeness (QED) is 0.858. The van der Waals surface area contributed by atoms with E-state index >= 15 is 0 Å². The van der Waals surface area contributed by atoms with Crippen LogP contribution in [0.5, 0.6) is 5.88 Å². The molecule has 17 heavy (non-hydrogen) atoms. The molecule has 0 aliphatic carbocycles. The highest BCUT2D eigenvalue weighted by molar-refractivity contribution is 5.41. The zero-order chi connectivity index (χ0) is 12.1. The van der Waals surface area contributed by atoms with Gasteiger partial charge in [-0.3, -0.25) is 0 Å². The molecule has 1 fully saturated rings. The summed E-state index contributed by atoms with van der Waals surface area (Å²) in [7, 11) is 3.68. The number of piperidine rings is 1. The minimum Gasteiger partial charge on any atom is -0.481 e. The summed E-state index contributed by atoms with van der Waals surface area (Å²) in [6, 6.07) is 5.95. The van der Waals surface area contributed by atoms with E-state index in [9.17, 15) is 0 Å². The fraction of sp³-hybridized carbons (Fsp3) is 0.615. The van der Waals surface area contributed by atoms with Gasteiger partial charge < -0.3 is 15.0 Å². The second-order valence-corrected chi connectivity index (χ2v) is 4.55. The average Bonchev–Trinajstić information content (AvgIpc) is 2.40. The van der Waals surface area contributed by atoms with Gasteiger partial charge in [0.15, 0.2) is 0 Å². The van der Waals surface area contributed by atoms with Crippen molar-refractivity contribution in [3.8, 4) is 5.88 Å². The number of hydrogen-bond acceptors (Lipinski definition) is 4. The second-order valence-electron chi connectivity index (χ2n) is 4.55. The van der Waals surface area contributed by atoms with Crippen molar-refractivity contribution in [2.24, 2.45) is 5.92 Å². The predicted octanol–water partition coefficient (Wildman–Crippen LogP) is 1.53. The average molecular weight is 235 g/mol. The molecule has 0 bridgehead atoms. The molecule has 1 aliphatic heterocycles. The fourth-order valence-electron chi connectivity index (χ4n) is 2.42. The molecule has 0 radical (unpaired) electrons. The van der Waals surface area contributed by atoms with Crippen molar-refractivity contribution in [3.05, 3.63) is 18.2 Å². The lowest BCUT2D eigenvalue weighted by Gasteiger charge is -2.33. The Hall–Kier alpha value is -1.29. The zero-order valence-electron chi connectivity index (χ0n) is 10.6. The van der Waals surface area contributed by atoms with Crippen LogP contribution >= 0.6 is 0 Å². The molecule has 1 aromatic rings. The lowest BCUT2D eigenvalue weighted by atomic mass is 9.98. The molecule has 2 heterocycles. The van der Waals surface area contributed by atoms with E-state index in [0.717, 1.165) is 31.4 Å². The Morgan fingerprint density at radius 1 is 1.53 bits per heavy atom. The number of methoxy groups -OCH3 is 1. The van der Waals surface area contributed by atoms with Crippen LogP contribution in [-0.4, -0.2) is 38.8 Å². The van der Waals surface area contributed by atoms with Crippen LogP contribution in [0, 0.1) is 5.92 Å². The molecule has 4 nitrogen and oxygen atoms in total. The lowest BCUT2D eigenvalue weighted by molar-refractivity contribution is 0.388. The number of rotatable bonds is 4.